The predicted octanol–water partition coefficient (Wildman–Crippen LogP) is 3.36. The number of aliphatic imine (C=N–C) groups is 1. The molecule has 0 aromatic heterocycles. The maximum atomic E-state index is 12.6. The van der Waals surface area contributed by atoms with E-state index < -0.39 is 11.7 Å². The van der Waals surface area contributed by atoms with Crippen LogP contribution in [-0.2, 0) is 6.18 Å². The summed E-state index contributed by atoms with van der Waals surface area (Å²) < 4.78 is 38.1. The molecule has 18 heavy (non-hydrogen) atoms. The lowest BCUT2D eigenvalue weighted by Crippen LogP contribution is -2.23. The lowest BCUT2D eigenvalue weighted by molar-refractivity contribution is -0.137. The molecule has 0 radical (unpaired) electrons. The molecule has 0 heterocycles. The van der Waals surface area contributed by atoms with Crippen LogP contribution in [-0.4, -0.2) is 12.0 Å². The molecule has 98 valence electrons. The van der Waals surface area contributed by atoms with Crippen LogP contribution in [0, 0.1) is 0 Å². The lowest BCUT2D eigenvalue weighted by atomic mass is 10.2. The number of anilines is 1. The van der Waals surface area contributed by atoms with E-state index in [9.17, 15) is 13.2 Å². The number of benzene rings is 1. The molecular weight excluding hydrogens is 311 g/mol. The van der Waals surface area contributed by atoms with Crippen LogP contribution < -0.4 is 11.1 Å². The minimum Gasteiger partial charge on any atom is -0.370 e. The van der Waals surface area contributed by atoms with Gasteiger partial charge >= 0.3 is 6.18 Å². The molecule has 3 N–H and O–H groups in total. The Bertz CT molecular complexity index is 481. The summed E-state index contributed by atoms with van der Waals surface area (Å²) in [5.74, 6) is 0.142. The van der Waals surface area contributed by atoms with Crippen molar-refractivity contribution in [3.05, 3.63) is 28.2 Å². The van der Waals surface area contributed by atoms with Gasteiger partial charge in [-0.15, -0.1) is 0 Å². The van der Waals surface area contributed by atoms with Gasteiger partial charge < -0.3 is 11.1 Å². The molecule has 0 aliphatic heterocycles. The van der Waals surface area contributed by atoms with Crippen molar-refractivity contribution in [3.8, 4) is 0 Å². The summed E-state index contributed by atoms with van der Waals surface area (Å²) >= 11 is 3.04. The Morgan fingerprint density at radius 3 is 2.56 bits per heavy atom. The van der Waals surface area contributed by atoms with Crippen LogP contribution in [0.15, 0.2) is 27.7 Å². The highest BCUT2D eigenvalue weighted by atomic mass is 79.9. The van der Waals surface area contributed by atoms with E-state index >= 15 is 0 Å². The molecule has 3 nitrogen and oxygen atoms in total. The topological polar surface area (TPSA) is 50.4 Å². The molecule has 1 aliphatic carbocycles. The summed E-state index contributed by atoms with van der Waals surface area (Å²) in [4.78, 5) is 4.09. The first-order valence-corrected chi connectivity index (χ1v) is 6.12. The van der Waals surface area contributed by atoms with Crippen molar-refractivity contribution in [2.75, 3.05) is 5.32 Å². The van der Waals surface area contributed by atoms with Gasteiger partial charge in [0.25, 0.3) is 0 Å². The fourth-order valence-electron chi connectivity index (χ4n) is 1.41. The van der Waals surface area contributed by atoms with Gasteiger partial charge in [-0.2, -0.15) is 13.2 Å². The zero-order valence-electron chi connectivity index (χ0n) is 9.26. The van der Waals surface area contributed by atoms with E-state index in [1.54, 1.807) is 0 Å². The lowest BCUT2D eigenvalue weighted by Gasteiger charge is -2.11. The zero-order valence-corrected chi connectivity index (χ0v) is 10.8. The summed E-state index contributed by atoms with van der Waals surface area (Å²) in [5, 5.41) is 2.66. The molecule has 1 fully saturated rings. The first kappa shape index (κ1) is 13.2. The van der Waals surface area contributed by atoms with Crippen LogP contribution in [0.3, 0.4) is 0 Å². The van der Waals surface area contributed by atoms with Crippen LogP contribution in [0.2, 0.25) is 0 Å². The van der Waals surface area contributed by atoms with E-state index in [-0.39, 0.29) is 17.7 Å². The van der Waals surface area contributed by atoms with Crippen molar-refractivity contribution in [1.29, 1.82) is 0 Å². The highest BCUT2D eigenvalue weighted by Gasteiger charge is 2.31. The average molecular weight is 322 g/mol. The Balaban J connectivity index is 2.19. The Kier molecular flexibility index (Phi) is 3.52. The van der Waals surface area contributed by atoms with Crippen LogP contribution in [0.1, 0.15) is 18.4 Å². The smallest absolute Gasteiger partial charge is 0.370 e. The summed E-state index contributed by atoms with van der Waals surface area (Å²) in [7, 11) is 0. The van der Waals surface area contributed by atoms with Crippen molar-refractivity contribution in [2.45, 2.75) is 25.1 Å². The number of nitrogens with zero attached hydrogens (tertiary/aromatic N) is 1. The van der Waals surface area contributed by atoms with Crippen molar-refractivity contribution in [1.82, 2.24) is 0 Å². The Morgan fingerprint density at radius 1 is 1.33 bits per heavy atom. The second-order valence-electron chi connectivity index (χ2n) is 4.10. The molecule has 0 spiro atoms. The van der Waals surface area contributed by atoms with E-state index in [0.717, 1.165) is 25.0 Å². The number of rotatable bonds is 2. The number of hydrogen-bond donors (Lipinski definition) is 2. The highest BCUT2D eigenvalue weighted by molar-refractivity contribution is 9.10. The van der Waals surface area contributed by atoms with Crippen LogP contribution in [0.4, 0.5) is 18.9 Å². The second-order valence-corrected chi connectivity index (χ2v) is 5.01. The van der Waals surface area contributed by atoms with Crippen LogP contribution >= 0.6 is 15.9 Å². The fraction of sp³-hybridized carbons (Fsp3) is 0.364. The summed E-state index contributed by atoms with van der Waals surface area (Å²) in [6.07, 6.45) is -2.42. The summed E-state index contributed by atoms with van der Waals surface area (Å²) in [5.41, 5.74) is 5.12. The summed E-state index contributed by atoms with van der Waals surface area (Å²) in [6.45, 7) is 0. The fourth-order valence-corrected chi connectivity index (χ4v) is 1.90. The normalized spacial score (nSPS) is 16.8. The van der Waals surface area contributed by atoms with Crippen LogP contribution in [0.25, 0.3) is 0 Å². The molecule has 1 aromatic rings. The van der Waals surface area contributed by atoms with Crippen molar-refractivity contribution < 1.29 is 13.2 Å². The number of halogens is 4. The van der Waals surface area contributed by atoms with Crippen LogP contribution in [0.5, 0.6) is 0 Å². The average Bonchev–Trinajstić information content (AvgIpc) is 2.98. The number of guanidine groups is 1. The highest BCUT2D eigenvalue weighted by Crippen LogP contribution is 2.33. The largest absolute Gasteiger partial charge is 0.416 e. The Morgan fingerprint density at radius 2 is 2.00 bits per heavy atom. The van der Waals surface area contributed by atoms with Gasteiger partial charge in [0.2, 0.25) is 0 Å². The maximum Gasteiger partial charge on any atom is 0.416 e. The minimum absolute atomic E-state index is 0.142. The van der Waals surface area contributed by atoms with Gasteiger partial charge in [0.05, 0.1) is 11.6 Å². The van der Waals surface area contributed by atoms with Crippen molar-refractivity contribution >= 4 is 27.6 Å². The third kappa shape index (κ3) is 3.63. The molecule has 2 rings (SSSR count). The van der Waals surface area contributed by atoms with E-state index in [2.05, 4.69) is 26.2 Å². The predicted molar refractivity (Wildman–Crippen MR) is 67.4 cm³/mol. The molecule has 1 saturated carbocycles. The van der Waals surface area contributed by atoms with Gasteiger partial charge in [-0.05, 0) is 31.0 Å². The molecule has 0 atom stereocenters. The van der Waals surface area contributed by atoms with Crippen molar-refractivity contribution in [2.24, 2.45) is 10.7 Å². The van der Waals surface area contributed by atoms with Gasteiger partial charge in [0.15, 0.2) is 5.96 Å². The molecule has 1 aliphatic rings. The van der Waals surface area contributed by atoms with E-state index in [4.69, 9.17) is 5.73 Å². The zero-order chi connectivity index (χ0) is 13.3. The van der Waals surface area contributed by atoms with E-state index in [1.165, 1.54) is 6.07 Å². The first-order valence-electron chi connectivity index (χ1n) is 5.32. The quantitative estimate of drug-likeness (QED) is 0.648. The third-order valence-corrected chi connectivity index (χ3v) is 2.82. The van der Waals surface area contributed by atoms with Gasteiger partial charge in [0.1, 0.15) is 0 Å². The van der Waals surface area contributed by atoms with Crippen molar-refractivity contribution in [3.63, 3.8) is 0 Å². The van der Waals surface area contributed by atoms with Gasteiger partial charge in [-0.3, -0.25) is 0 Å². The van der Waals surface area contributed by atoms with Gasteiger partial charge in [-0.1, -0.05) is 15.9 Å². The van der Waals surface area contributed by atoms with E-state index in [0.29, 0.717) is 4.47 Å². The second kappa shape index (κ2) is 4.79. The molecular formula is C11H11BrF3N3. The molecule has 0 unspecified atom stereocenters. The third-order valence-electron chi connectivity index (χ3n) is 2.37. The Labute approximate surface area is 110 Å². The molecule has 1 aromatic carbocycles. The summed E-state index contributed by atoms with van der Waals surface area (Å²) in [6, 6.07) is 3.75. The first-order chi connectivity index (χ1) is 8.34. The van der Waals surface area contributed by atoms with Gasteiger partial charge in [0, 0.05) is 10.2 Å². The maximum absolute atomic E-state index is 12.6. The number of nitrogens with one attached hydrogen (secondary N) is 1. The SMILES string of the molecule is NC(=NC1CC1)Nc1cc(Br)cc(C(F)(F)F)c1. The molecule has 0 saturated heterocycles. The Hall–Kier alpha value is -1.24. The monoisotopic (exact) mass is 321 g/mol. The number of nitrogens with two attached hydrogens (primary N) is 1. The standard InChI is InChI=1S/C11H11BrF3N3/c12-7-3-6(11(13,14)15)4-9(5-7)18-10(16)17-8-1-2-8/h3-5,8H,1-2H2,(H3,16,17,18). The molecule has 7 heteroatoms. The minimum atomic E-state index is -4.39. The molecule has 0 amide bonds. The number of alkyl halides is 3. The van der Waals surface area contributed by atoms with Gasteiger partial charge in [-0.25, -0.2) is 4.99 Å². The van der Waals surface area contributed by atoms with E-state index in [1.807, 2.05) is 0 Å². The number of hydrogen-bond acceptors (Lipinski definition) is 1. The molecule has 0 bridgehead atoms.